The number of carbonyl (C=O) groups excluding carboxylic acids is 1. The van der Waals surface area contributed by atoms with Crippen molar-refractivity contribution in [2.45, 2.75) is 0 Å². The maximum atomic E-state index is 14.2. The normalized spacial score (nSPS) is 11.3. The van der Waals surface area contributed by atoms with Gasteiger partial charge in [0.2, 0.25) is 0 Å². The second kappa shape index (κ2) is 5.72. The zero-order chi connectivity index (χ0) is 17.7. The number of H-pyrrole nitrogens is 1. The number of hydrogen-bond acceptors (Lipinski definition) is 3. The highest BCUT2D eigenvalue weighted by Crippen LogP contribution is 2.27. The number of aryl methyl sites for hydroxylation is 1. The molecule has 0 atom stereocenters. The number of fused-ring (bicyclic) bond motifs is 2. The SMILES string of the molecule is Cn1c(C(=O)Nc2ccc3s[nH]c(=O)c3c2)cc2c(F)c(Cl)ccc21. The fraction of sp³-hybridized carbons (Fsp3) is 0.0588. The first-order valence-corrected chi connectivity index (χ1v) is 8.51. The Morgan fingerprint density at radius 2 is 2.04 bits per heavy atom. The van der Waals surface area contributed by atoms with Crippen molar-refractivity contribution in [3.8, 4) is 0 Å². The molecule has 4 rings (SSSR count). The lowest BCUT2D eigenvalue weighted by molar-refractivity contribution is 0.102. The number of hydrogen-bond donors (Lipinski definition) is 2. The highest BCUT2D eigenvalue weighted by molar-refractivity contribution is 7.13. The third-order valence-electron chi connectivity index (χ3n) is 4.08. The highest BCUT2D eigenvalue weighted by Gasteiger charge is 2.17. The molecule has 1 amide bonds. The Kier molecular flexibility index (Phi) is 3.63. The zero-order valence-electron chi connectivity index (χ0n) is 12.9. The van der Waals surface area contributed by atoms with Gasteiger partial charge in [-0.25, -0.2) is 4.39 Å². The van der Waals surface area contributed by atoms with E-state index in [-0.39, 0.29) is 21.7 Å². The van der Waals surface area contributed by atoms with Crippen LogP contribution >= 0.6 is 23.1 Å². The number of aromatic nitrogens is 2. The second-order valence-corrected chi connectivity index (χ2v) is 6.84. The van der Waals surface area contributed by atoms with Crippen molar-refractivity contribution in [3.63, 3.8) is 0 Å². The van der Waals surface area contributed by atoms with Crippen molar-refractivity contribution >= 4 is 55.7 Å². The summed E-state index contributed by atoms with van der Waals surface area (Å²) in [5.74, 6) is -0.958. The molecule has 0 unspecified atom stereocenters. The van der Waals surface area contributed by atoms with Crippen LogP contribution in [0.3, 0.4) is 0 Å². The van der Waals surface area contributed by atoms with Crippen LogP contribution in [0.15, 0.2) is 41.2 Å². The van der Waals surface area contributed by atoms with Gasteiger partial charge in [0.05, 0.1) is 20.6 Å². The molecule has 4 aromatic rings. The van der Waals surface area contributed by atoms with Crippen molar-refractivity contribution in [2.75, 3.05) is 5.32 Å². The highest BCUT2D eigenvalue weighted by atomic mass is 35.5. The van der Waals surface area contributed by atoms with Gasteiger partial charge in [0.15, 0.2) is 5.82 Å². The quantitative estimate of drug-likeness (QED) is 0.553. The van der Waals surface area contributed by atoms with E-state index < -0.39 is 11.7 Å². The van der Waals surface area contributed by atoms with Gasteiger partial charge in [-0.3, -0.25) is 14.0 Å². The van der Waals surface area contributed by atoms with Crippen LogP contribution in [-0.2, 0) is 7.05 Å². The number of nitrogens with zero attached hydrogens (tertiary/aromatic N) is 1. The van der Waals surface area contributed by atoms with Gasteiger partial charge in [0, 0.05) is 18.1 Å². The number of rotatable bonds is 2. The van der Waals surface area contributed by atoms with E-state index in [4.69, 9.17) is 11.6 Å². The summed E-state index contributed by atoms with van der Waals surface area (Å²) in [4.78, 5) is 24.3. The predicted molar refractivity (Wildman–Crippen MR) is 98.3 cm³/mol. The molecular weight excluding hydrogens is 365 g/mol. The van der Waals surface area contributed by atoms with Crippen molar-refractivity contribution in [1.82, 2.24) is 8.94 Å². The number of carbonyl (C=O) groups is 1. The Morgan fingerprint density at radius 3 is 2.84 bits per heavy atom. The van der Waals surface area contributed by atoms with Gasteiger partial charge in [0.25, 0.3) is 11.5 Å². The Balaban J connectivity index is 1.74. The van der Waals surface area contributed by atoms with Crippen molar-refractivity contribution in [3.05, 3.63) is 63.3 Å². The first-order valence-electron chi connectivity index (χ1n) is 7.31. The average molecular weight is 376 g/mol. The molecule has 0 aliphatic carbocycles. The Labute approximate surface area is 149 Å². The summed E-state index contributed by atoms with van der Waals surface area (Å²) < 4.78 is 19.2. The molecule has 0 spiro atoms. The van der Waals surface area contributed by atoms with Gasteiger partial charge in [-0.2, -0.15) is 0 Å². The van der Waals surface area contributed by atoms with E-state index in [0.717, 1.165) is 4.70 Å². The average Bonchev–Trinajstić information content (AvgIpc) is 3.12. The molecule has 0 radical (unpaired) electrons. The molecule has 0 aliphatic rings. The molecule has 0 saturated carbocycles. The number of halogens is 2. The molecule has 5 nitrogen and oxygen atoms in total. The maximum absolute atomic E-state index is 14.2. The zero-order valence-corrected chi connectivity index (χ0v) is 14.5. The van der Waals surface area contributed by atoms with E-state index in [0.29, 0.717) is 16.6 Å². The van der Waals surface area contributed by atoms with Crippen LogP contribution in [0.2, 0.25) is 5.02 Å². The summed E-state index contributed by atoms with van der Waals surface area (Å²) in [5, 5.41) is 3.54. The summed E-state index contributed by atoms with van der Waals surface area (Å²) in [7, 11) is 1.68. The summed E-state index contributed by atoms with van der Waals surface area (Å²) in [6, 6.07) is 9.66. The minimum Gasteiger partial charge on any atom is -0.340 e. The Hall–Kier alpha value is -2.64. The summed E-state index contributed by atoms with van der Waals surface area (Å²) in [6.45, 7) is 0. The molecule has 25 heavy (non-hydrogen) atoms. The molecule has 2 aromatic heterocycles. The molecule has 2 heterocycles. The van der Waals surface area contributed by atoms with Crippen LogP contribution in [0.5, 0.6) is 0 Å². The minimum absolute atomic E-state index is 0.00666. The third-order valence-corrected chi connectivity index (χ3v) is 5.24. The van der Waals surface area contributed by atoms with Gasteiger partial charge in [-0.05, 0) is 36.4 Å². The first-order chi connectivity index (χ1) is 12.0. The molecule has 126 valence electrons. The summed E-state index contributed by atoms with van der Waals surface area (Å²) in [6.07, 6.45) is 0. The lowest BCUT2D eigenvalue weighted by Gasteiger charge is -2.06. The van der Waals surface area contributed by atoms with E-state index >= 15 is 0 Å². The second-order valence-electron chi connectivity index (χ2n) is 5.58. The Morgan fingerprint density at radius 1 is 1.24 bits per heavy atom. The number of anilines is 1. The number of amides is 1. The van der Waals surface area contributed by atoms with E-state index in [1.807, 2.05) is 0 Å². The van der Waals surface area contributed by atoms with Gasteiger partial charge in [-0.1, -0.05) is 23.1 Å². The van der Waals surface area contributed by atoms with Gasteiger partial charge < -0.3 is 9.88 Å². The van der Waals surface area contributed by atoms with Gasteiger partial charge >= 0.3 is 0 Å². The summed E-state index contributed by atoms with van der Waals surface area (Å²) >= 11 is 7.04. The van der Waals surface area contributed by atoms with E-state index in [1.165, 1.54) is 23.7 Å². The number of benzene rings is 2. The fourth-order valence-corrected chi connectivity index (χ4v) is 3.67. The molecule has 0 fully saturated rings. The van der Waals surface area contributed by atoms with Crippen molar-refractivity contribution in [2.24, 2.45) is 7.05 Å². The first kappa shape index (κ1) is 15.9. The van der Waals surface area contributed by atoms with Crippen LogP contribution in [0.1, 0.15) is 10.5 Å². The predicted octanol–water partition coefficient (Wildman–Crippen LogP) is 4.13. The fourth-order valence-electron chi connectivity index (χ4n) is 2.79. The number of nitrogens with one attached hydrogen (secondary N) is 2. The standard InChI is InChI=1S/C17H11ClFN3O2S/c1-22-12-4-3-11(18)15(19)9(12)7-13(22)17(24)20-8-2-5-14-10(6-8)16(23)21-25-14/h2-7H,1H3,(H,20,24)(H,21,23). The lowest BCUT2D eigenvalue weighted by atomic mass is 10.2. The van der Waals surface area contributed by atoms with Crippen LogP contribution in [0.4, 0.5) is 10.1 Å². The molecule has 2 aromatic carbocycles. The molecule has 0 saturated heterocycles. The van der Waals surface area contributed by atoms with Crippen molar-refractivity contribution < 1.29 is 9.18 Å². The van der Waals surface area contributed by atoms with E-state index in [1.54, 1.807) is 35.9 Å². The van der Waals surface area contributed by atoms with Crippen LogP contribution in [0, 0.1) is 5.82 Å². The topological polar surface area (TPSA) is 66.9 Å². The number of aromatic amines is 1. The summed E-state index contributed by atoms with van der Waals surface area (Å²) in [5.41, 5.74) is 1.15. The van der Waals surface area contributed by atoms with E-state index in [2.05, 4.69) is 9.69 Å². The maximum Gasteiger partial charge on any atom is 0.272 e. The largest absolute Gasteiger partial charge is 0.340 e. The third kappa shape index (κ3) is 2.52. The van der Waals surface area contributed by atoms with Gasteiger partial charge in [0.1, 0.15) is 5.69 Å². The minimum atomic E-state index is -0.556. The molecular formula is C17H11ClFN3O2S. The smallest absolute Gasteiger partial charge is 0.272 e. The lowest BCUT2D eigenvalue weighted by Crippen LogP contribution is -2.15. The Bertz CT molecular complexity index is 1210. The van der Waals surface area contributed by atoms with Crippen LogP contribution < -0.4 is 10.9 Å². The monoisotopic (exact) mass is 375 g/mol. The van der Waals surface area contributed by atoms with Crippen molar-refractivity contribution in [1.29, 1.82) is 0 Å². The molecule has 8 heteroatoms. The van der Waals surface area contributed by atoms with Gasteiger partial charge in [-0.15, -0.1) is 0 Å². The molecule has 0 bridgehead atoms. The van der Waals surface area contributed by atoms with Crippen LogP contribution in [0.25, 0.3) is 21.0 Å². The van der Waals surface area contributed by atoms with Crippen LogP contribution in [-0.4, -0.2) is 14.8 Å². The van der Waals surface area contributed by atoms with E-state index in [9.17, 15) is 14.0 Å². The molecule has 0 aliphatic heterocycles. The molecule has 2 N–H and O–H groups in total.